The number of methoxy groups -OCH3 is 1. The van der Waals surface area contributed by atoms with Gasteiger partial charge in [-0.2, -0.15) is 8.42 Å². The molecule has 1 N–H and O–H groups in total. The quantitative estimate of drug-likeness (QED) is 0.356. The zero-order chi connectivity index (χ0) is 22.3. The van der Waals surface area contributed by atoms with Crippen LogP contribution >= 0.6 is 0 Å². The smallest absolute Gasteiger partial charge is 0.339 e. The number of hydrogen-bond donors (Lipinski definition) is 1. The Bertz CT molecular complexity index is 1480. The van der Waals surface area contributed by atoms with Gasteiger partial charge in [0.1, 0.15) is 22.1 Å². The second-order valence-corrected chi connectivity index (χ2v) is 8.65. The fourth-order valence-corrected chi connectivity index (χ4v) is 4.41. The minimum Gasteiger partial charge on any atom is -0.497 e. The molecular weight excluding hydrogens is 430 g/mol. The molecule has 5 rings (SSSR count). The van der Waals surface area contributed by atoms with Gasteiger partial charge in [0.2, 0.25) is 5.78 Å². The largest absolute Gasteiger partial charge is 0.497 e. The van der Waals surface area contributed by atoms with Crippen molar-refractivity contribution < 1.29 is 26.9 Å². The Morgan fingerprint density at radius 2 is 1.72 bits per heavy atom. The first kappa shape index (κ1) is 19.9. The number of ketones is 1. The van der Waals surface area contributed by atoms with Crippen molar-refractivity contribution in [1.29, 1.82) is 0 Å². The molecule has 0 atom stereocenters. The lowest BCUT2D eigenvalue weighted by Gasteiger charge is -2.08. The Labute approximate surface area is 184 Å². The highest BCUT2D eigenvalue weighted by Crippen LogP contribution is 2.36. The van der Waals surface area contributed by atoms with Crippen LogP contribution in [0.1, 0.15) is 15.9 Å². The molecule has 1 aliphatic rings. The maximum absolute atomic E-state index is 12.8. The number of hydrogen-bond acceptors (Lipinski definition) is 6. The number of aromatic nitrogens is 1. The first-order chi connectivity index (χ1) is 15.4. The summed E-state index contributed by atoms with van der Waals surface area (Å²) in [5.41, 5.74) is 2.10. The monoisotopic (exact) mass is 447 g/mol. The number of aromatic amines is 1. The van der Waals surface area contributed by atoms with E-state index in [1.165, 1.54) is 49.6 Å². The number of Topliss-reactive ketones (excluding diaryl/α,β-unsaturated/α-hetero) is 1. The van der Waals surface area contributed by atoms with E-state index in [-0.39, 0.29) is 27.9 Å². The molecule has 2 heterocycles. The van der Waals surface area contributed by atoms with E-state index in [4.69, 9.17) is 13.7 Å². The molecule has 0 saturated carbocycles. The fraction of sp³-hybridized carbons (Fsp3) is 0.0417. The average molecular weight is 447 g/mol. The molecule has 8 heteroatoms. The molecule has 0 aliphatic carbocycles. The van der Waals surface area contributed by atoms with Crippen LogP contribution in [0.25, 0.3) is 17.0 Å². The van der Waals surface area contributed by atoms with E-state index in [1.54, 1.807) is 12.3 Å². The van der Waals surface area contributed by atoms with Crippen LogP contribution in [0, 0.1) is 0 Å². The van der Waals surface area contributed by atoms with Gasteiger partial charge in [-0.15, -0.1) is 0 Å². The molecule has 0 unspecified atom stereocenters. The van der Waals surface area contributed by atoms with Crippen molar-refractivity contribution >= 4 is 32.9 Å². The normalized spacial score (nSPS) is 14.4. The number of para-hydroxylation sites is 1. The third kappa shape index (κ3) is 3.50. The van der Waals surface area contributed by atoms with Gasteiger partial charge in [0, 0.05) is 28.7 Å². The van der Waals surface area contributed by atoms with Crippen LogP contribution in [-0.4, -0.2) is 26.3 Å². The van der Waals surface area contributed by atoms with Gasteiger partial charge in [-0.3, -0.25) is 4.79 Å². The van der Waals surface area contributed by atoms with Crippen molar-refractivity contribution in [3.63, 3.8) is 0 Å². The van der Waals surface area contributed by atoms with E-state index in [0.29, 0.717) is 11.3 Å². The summed E-state index contributed by atoms with van der Waals surface area (Å²) < 4.78 is 41.2. The number of ether oxygens (including phenoxy) is 2. The minimum atomic E-state index is -4.06. The van der Waals surface area contributed by atoms with E-state index >= 15 is 0 Å². The topological polar surface area (TPSA) is 94.7 Å². The summed E-state index contributed by atoms with van der Waals surface area (Å²) in [6, 6.07) is 17.9. The number of fused-ring (bicyclic) bond motifs is 2. The molecular formula is C24H17NO6S. The molecule has 0 radical (unpaired) electrons. The number of benzene rings is 3. The van der Waals surface area contributed by atoms with Gasteiger partial charge >= 0.3 is 10.1 Å². The second-order valence-electron chi connectivity index (χ2n) is 7.10. The van der Waals surface area contributed by atoms with E-state index in [1.807, 2.05) is 24.3 Å². The Morgan fingerprint density at radius 1 is 0.969 bits per heavy atom. The van der Waals surface area contributed by atoms with Crippen LogP contribution in [0.4, 0.5) is 0 Å². The van der Waals surface area contributed by atoms with Crippen LogP contribution in [0.2, 0.25) is 0 Å². The SMILES string of the molecule is COc1ccc(S(=O)(=O)Oc2ccc3c(c2)O/C(=C/c2c[nH]c4ccccc24)C3=O)cc1. The average Bonchev–Trinajstić information content (AvgIpc) is 3.34. The number of carbonyl (C=O) groups excluding carboxylic acids is 1. The predicted octanol–water partition coefficient (Wildman–Crippen LogP) is 4.56. The second kappa shape index (κ2) is 7.58. The Balaban J connectivity index is 1.41. The van der Waals surface area contributed by atoms with Crippen molar-refractivity contribution in [3.8, 4) is 17.2 Å². The number of rotatable bonds is 5. The summed E-state index contributed by atoms with van der Waals surface area (Å²) in [5.74, 6) is 0.682. The van der Waals surface area contributed by atoms with Gasteiger partial charge in [-0.1, -0.05) is 18.2 Å². The lowest BCUT2D eigenvalue weighted by molar-refractivity contribution is 0.101. The molecule has 1 aliphatic heterocycles. The van der Waals surface area contributed by atoms with Crippen LogP contribution in [-0.2, 0) is 10.1 Å². The highest BCUT2D eigenvalue weighted by atomic mass is 32.2. The van der Waals surface area contributed by atoms with Gasteiger partial charge < -0.3 is 18.6 Å². The molecule has 4 aromatic rings. The van der Waals surface area contributed by atoms with Crippen molar-refractivity contribution in [2.45, 2.75) is 4.90 Å². The van der Waals surface area contributed by atoms with Gasteiger partial charge in [-0.05, 0) is 48.5 Å². The number of H-pyrrole nitrogens is 1. The molecule has 32 heavy (non-hydrogen) atoms. The molecule has 7 nitrogen and oxygen atoms in total. The Kier molecular flexibility index (Phi) is 4.71. The molecule has 1 aromatic heterocycles. The minimum absolute atomic E-state index is 0.0179. The first-order valence-corrected chi connectivity index (χ1v) is 11.1. The van der Waals surface area contributed by atoms with Crippen molar-refractivity contribution in [2.75, 3.05) is 7.11 Å². The van der Waals surface area contributed by atoms with Crippen molar-refractivity contribution in [1.82, 2.24) is 4.98 Å². The van der Waals surface area contributed by atoms with Crippen molar-refractivity contribution in [2.24, 2.45) is 0 Å². The zero-order valence-corrected chi connectivity index (χ0v) is 17.7. The summed E-state index contributed by atoms with van der Waals surface area (Å²) in [5, 5.41) is 0.960. The summed E-state index contributed by atoms with van der Waals surface area (Å²) in [6.07, 6.45) is 3.46. The molecule has 0 spiro atoms. The van der Waals surface area contributed by atoms with Crippen LogP contribution in [0.15, 0.2) is 83.6 Å². The summed E-state index contributed by atoms with van der Waals surface area (Å²) in [6.45, 7) is 0. The van der Waals surface area contributed by atoms with E-state index in [0.717, 1.165) is 16.5 Å². The lowest BCUT2D eigenvalue weighted by Crippen LogP contribution is -2.09. The van der Waals surface area contributed by atoms with Crippen LogP contribution < -0.4 is 13.7 Å². The lowest BCUT2D eigenvalue weighted by atomic mass is 10.1. The number of carbonyl (C=O) groups is 1. The third-order valence-corrected chi connectivity index (χ3v) is 6.36. The zero-order valence-electron chi connectivity index (χ0n) is 16.9. The Morgan fingerprint density at radius 3 is 2.50 bits per heavy atom. The van der Waals surface area contributed by atoms with E-state index in [9.17, 15) is 13.2 Å². The number of nitrogens with one attached hydrogen (secondary N) is 1. The predicted molar refractivity (Wildman–Crippen MR) is 118 cm³/mol. The summed E-state index contributed by atoms with van der Waals surface area (Å²) in [7, 11) is -2.57. The highest BCUT2D eigenvalue weighted by Gasteiger charge is 2.29. The maximum atomic E-state index is 12.8. The maximum Gasteiger partial charge on any atom is 0.339 e. The fourth-order valence-electron chi connectivity index (χ4n) is 3.49. The van der Waals surface area contributed by atoms with Gasteiger partial charge in [-0.25, -0.2) is 0 Å². The van der Waals surface area contributed by atoms with Gasteiger partial charge in [0.05, 0.1) is 12.7 Å². The molecule has 0 fully saturated rings. The molecule has 0 bridgehead atoms. The summed E-state index contributed by atoms with van der Waals surface area (Å²) >= 11 is 0. The van der Waals surface area contributed by atoms with Gasteiger partial charge in [0.25, 0.3) is 0 Å². The highest BCUT2D eigenvalue weighted by molar-refractivity contribution is 7.87. The molecule has 0 saturated heterocycles. The molecule has 3 aromatic carbocycles. The standard InChI is InChI=1S/C24H17NO6S/c1-29-16-6-9-18(10-7-16)32(27,28)31-17-8-11-20-22(13-17)30-23(24(20)26)12-15-14-25-21-5-3-2-4-19(15)21/h2-14,25H,1H3/b23-12+. The van der Waals surface area contributed by atoms with Gasteiger partial charge in [0.15, 0.2) is 5.76 Å². The van der Waals surface area contributed by atoms with Crippen LogP contribution in [0.3, 0.4) is 0 Å². The molecule has 0 amide bonds. The van der Waals surface area contributed by atoms with Crippen LogP contribution in [0.5, 0.6) is 17.2 Å². The summed E-state index contributed by atoms with van der Waals surface area (Å²) in [4.78, 5) is 15.9. The van der Waals surface area contributed by atoms with E-state index in [2.05, 4.69) is 4.98 Å². The van der Waals surface area contributed by atoms with E-state index < -0.39 is 10.1 Å². The number of allylic oxidation sites excluding steroid dienone is 1. The third-order valence-electron chi connectivity index (χ3n) is 5.10. The molecule has 160 valence electrons. The Hall–Kier alpha value is -4.04. The first-order valence-electron chi connectivity index (χ1n) is 9.67. The van der Waals surface area contributed by atoms with Crippen molar-refractivity contribution in [3.05, 3.63) is 89.8 Å².